The predicted molar refractivity (Wildman–Crippen MR) is 125 cm³/mol. The van der Waals surface area contributed by atoms with E-state index in [0.717, 1.165) is 50.1 Å². The molecule has 0 aromatic heterocycles. The lowest BCUT2D eigenvalue weighted by Crippen LogP contribution is -2.48. The molecule has 2 amide bonds. The standard InChI is InChI=1S/C26H31N3O4/c30-25(29-21-9-10-23-24(14-21)33-12-11-32-23)18-7-5-17(6-8-18)15-28-26(31)22-13-19-3-1-2-4-20(19)16-27-22/h1-4,9-10,14,17-18,22,27H,5-8,11-13,15-16H2,(H,28,31)(H,29,30). The maximum atomic E-state index is 12.8. The Kier molecular flexibility index (Phi) is 6.48. The van der Waals surface area contributed by atoms with Crippen molar-refractivity contribution in [1.82, 2.24) is 10.6 Å². The first kappa shape index (κ1) is 21.8. The minimum Gasteiger partial charge on any atom is -0.486 e. The number of hydrogen-bond donors (Lipinski definition) is 3. The summed E-state index contributed by atoms with van der Waals surface area (Å²) in [5.41, 5.74) is 3.26. The Morgan fingerprint density at radius 1 is 0.909 bits per heavy atom. The molecule has 1 aliphatic carbocycles. The van der Waals surface area contributed by atoms with Gasteiger partial charge in [0.25, 0.3) is 0 Å². The second-order valence-electron chi connectivity index (χ2n) is 9.22. The first-order chi connectivity index (χ1) is 16.2. The van der Waals surface area contributed by atoms with Crippen molar-refractivity contribution in [2.75, 3.05) is 25.1 Å². The molecule has 1 saturated carbocycles. The summed E-state index contributed by atoms with van der Waals surface area (Å²) in [5, 5.41) is 9.51. The Morgan fingerprint density at radius 2 is 1.67 bits per heavy atom. The Hall–Kier alpha value is -3.06. The first-order valence-corrected chi connectivity index (χ1v) is 11.9. The lowest BCUT2D eigenvalue weighted by molar-refractivity contribution is -0.124. The predicted octanol–water partition coefficient (Wildman–Crippen LogP) is 3.03. The summed E-state index contributed by atoms with van der Waals surface area (Å²) < 4.78 is 11.1. The van der Waals surface area contributed by atoms with Crippen molar-refractivity contribution in [3.63, 3.8) is 0 Å². The molecule has 2 aromatic rings. The fourth-order valence-corrected chi connectivity index (χ4v) is 5.00. The van der Waals surface area contributed by atoms with Gasteiger partial charge in [-0.3, -0.25) is 9.59 Å². The van der Waals surface area contributed by atoms with Crippen LogP contribution in [0.4, 0.5) is 5.69 Å². The number of benzene rings is 2. The van der Waals surface area contributed by atoms with E-state index in [1.807, 2.05) is 30.3 Å². The van der Waals surface area contributed by atoms with Crippen LogP contribution in [0.2, 0.25) is 0 Å². The fraction of sp³-hybridized carbons (Fsp3) is 0.462. The van der Waals surface area contributed by atoms with Crippen LogP contribution < -0.4 is 25.4 Å². The molecule has 1 unspecified atom stereocenters. The number of hydrogen-bond acceptors (Lipinski definition) is 5. The molecule has 0 saturated heterocycles. The molecule has 1 fully saturated rings. The molecule has 0 spiro atoms. The molecular weight excluding hydrogens is 418 g/mol. The van der Waals surface area contributed by atoms with E-state index in [4.69, 9.17) is 9.47 Å². The van der Waals surface area contributed by atoms with Crippen molar-refractivity contribution < 1.29 is 19.1 Å². The van der Waals surface area contributed by atoms with E-state index in [2.05, 4.69) is 28.1 Å². The van der Waals surface area contributed by atoms with Gasteiger partial charge in [-0.2, -0.15) is 0 Å². The molecular formula is C26H31N3O4. The number of rotatable bonds is 5. The smallest absolute Gasteiger partial charge is 0.237 e. The zero-order chi connectivity index (χ0) is 22.6. The third-order valence-corrected chi connectivity index (χ3v) is 6.99. The average Bonchev–Trinajstić information content (AvgIpc) is 2.87. The summed E-state index contributed by atoms with van der Waals surface area (Å²) in [6.07, 6.45) is 4.30. The molecule has 2 aliphatic heterocycles. The molecule has 5 rings (SSSR count). The molecule has 0 radical (unpaired) electrons. The minimum absolute atomic E-state index is 0.00154. The van der Waals surface area contributed by atoms with Crippen LogP contribution in [0.25, 0.3) is 0 Å². The van der Waals surface area contributed by atoms with Crippen LogP contribution in [-0.2, 0) is 22.6 Å². The van der Waals surface area contributed by atoms with E-state index in [-0.39, 0.29) is 23.8 Å². The van der Waals surface area contributed by atoms with Crippen LogP contribution in [0, 0.1) is 11.8 Å². The zero-order valence-electron chi connectivity index (χ0n) is 18.8. The topological polar surface area (TPSA) is 88.7 Å². The minimum atomic E-state index is -0.173. The van der Waals surface area contributed by atoms with Crippen molar-refractivity contribution in [3.8, 4) is 11.5 Å². The van der Waals surface area contributed by atoms with Crippen molar-refractivity contribution in [3.05, 3.63) is 53.6 Å². The molecule has 1 atom stereocenters. The van der Waals surface area contributed by atoms with E-state index in [1.54, 1.807) is 0 Å². The number of fused-ring (bicyclic) bond motifs is 2. The highest BCUT2D eigenvalue weighted by Crippen LogP contribution is 2.34. The van der Waals surface area contributed by atoms with Crippen LogP contribution in [0.5, 0.6) is 11.5 Å². The van der Waals surface area contributed by atoms with E-state index in [1.165, 1.54) is 11.1 Å². The third kappa shape index (κ3) is 5.14. The van der Waals surface area contributed by atoms with E-state index in [0.29, 0.717) is 31.4 Å². The Morgan fingerprint density at radius 3 is 2.48 bits per heavy atom. The van der Waals surface area contributed by atoms with Gasteiger partial charge in [-0.1, -0.05) is 24.3 Å². The molecule has 7 nitrogen and oxygen atoms in total. The number of amides is 2. The van der Waals surface area contributed by atoms with Gasteiger partial charge in [0.15, 0.2) is 11.5 Å². The van der Waals surface area contributed by atoms with Gasteiger partial charge in [-0.15, -0.1) is 0 Å². The zero-order valence-corrected chi connectivity index (χ0v) is 18.8. The van der Waals surface area contributed by atoms with Crippen LogP contribution in [0.3, 0.4) is 0 Å². The summed E-state index contributed by atoms with van der Waals surface area (Å²) in [7, 11) is 0. The van der Waals surface area contributed by atoms with Crippen LogP contribution in [0.1, 0.15) is 36.8 Å². The fourth-order valence-electron chi connectivity index (χ4n) is 5.00. The molecule has 0 bridgehead atoms. The molecule has 7 heteroatoms. The Bertz CT molecular complexity index is 1020. The highest BCUT2D eigenvalue weighted by Gasteiger charge is 2.28. The largest absolute Gasteiger partial charge is 0.486 e. The molecule has 3 N–H and O–H groups in total. The van der Waals surface area contributed by atoms with Gasteiger partial charge < -0.3 is 25.4 Å². The first-order valence-electron chi connectivity index (χ1n) is 11.9. The average molecular weight is 450 g/mol. The second-order valence-corrected chi connectivity index (χ2v) is 9.22. The van der Waals surface area contributed by atoms with Crippen LogP contribution in [0.15, 0.2) is 42.5 Å². The van der Waals surface area contributed by atoms with E-state index >= 15 is 0 Å². The number of carbonyl (C=O) groups is 2. The Labute approximate surface area is 194 Å². The summed E-state index contributed by atoms with van der Waals surface area (Å²) >= 11 is 0. The molecule has 3 aliphatic rings. The van der Waals surface area contributed by atoms with Crippen molar-refractivity contribution >= 4 is 17.5 Å². The van der Waals surface area contributed by atoms with Gasteiger partial charge in [-0.25, -0.2) is 0 Å². The highest BCUT2D eigenvalue weighted by atomic mass is 16.6. The van der Waals surface area contributed by atoms with E-state index < -0.39 is 0 Å². The monoisotopic (exact) mass is 449 g/mol. The van der Waals surface area contributed by atoms with Gasteiger partial charge in [0.2, 0.25) is 11.8 Å². The lowest BCUT2D eigenvalue weighted by Gasteiger charge is -2.29. The van der Waals surface area contributed by atoms with Gasteiger partial charge in [0.05, 0.1) is 6.04 Å². The molecule has 2 heterocycles. The van der Waals surface area contributed by atoms with Gasteiger partial charge >= 0.3 is 0 Å². The molecule has 174 valence electrons. The van der Waals surface area contributed by atoms with Crippen molar-refractivity contribution in [2.24, 2.45) is 11.8 Å². The van der Waals surface area contributed by atoms with Gasteiger partial charge in [0, 0.05) is 30.8 Å². The SMILES string of the molecule is O=C(Nc1ccc2c(c1)OCCO2)C1CCC(CNC(=O)C2Cc3ccccc3CN2)CC1. The lowest BCUT2D eigenvalue weighted by atomic mass is 9.81. The van der Waals surface area contributed by atoms with Gasteiger partial charge in [-0.05, 0) is 61.3 Å². The number of anilines is 1. The van der Waals surface area contributed by atoms with E-state index in [9.17, 15) is 9.59 Å². The Balaban J connectivity index is 1.05. The molecule has 2 aromatic carbocycles. The van der Waals surface area contributed by atoms with Crippen LogP contribution in [-0.4, -0.2) is 37.6 Å². The molecule has 33 heavy (non-hydrogen) atoms. The maximum absolute atomic E-state index is 12.8. The normalized spacial score (nSPS) is 23.8. The second kappa shape index (κ2) is 9.83. The number of carbonyl (C=O) groups excluding carboxylic acids is 2. The van der Waals surface area contributed by atoms with Crippen molar-refractivity contribution in [2.45, 2.75) is 44.7 Å². The summed E-state index contributed by atoms with van der Waals surface area (Å²) in [6.45, 7) is 2.48. The van der Waals surface area contributed by atoms with Crippen LogP contribution >= 0.6 is 0 Å². The van der Waals surface area contributed by atoms with Crippen molar-refractivity contribution in [1.29, 1.82) is 0 Å². The number of nitrogens with one attached hydrogen (secondary N) is 3. The highest BCUT2D eigenvalue weighted by molar-refractivity contribution is 5.93. The summed E-state index contributed by atoms with van der Waals surface area (Å²) in [4.78, 5) is 25.4. The summed E-state index contributed by atoms with van der Waals surface area (Å²) in [6, 6.07) is 13.6. The third-order valence-electron chi connectivity index (χ3n) is 6.99. The summed E-state index contributed by atoms with van der Waals surface area (Å²) in [5.74, 6) is 1.94. The maximum Gasteiger partial charge on any atom is 0.237 e. The quantitative estimate of drug-likeness (QED) is 0.653. The number of ether oxygens (including phenoxy) is 2. The van der Waals surface area contributed by atoms with Gasteiger partial charge in [0.1, 0.15) is 13.2 Å².